The normalized spacial score (nSPS) is 14.4. The van der Waals surface area contributed by atoms with Crippen LogP contribution < -0.4 is 5.56 Å². The van der Waals surface area contributed by atoms with Gasteiger partial charge in [0.2, 0.25) is 5.82 Å². The van der Waals surface area contributed by atoms with E-state index in [0.717, 1.165) is 12.8 Å². The van der Waals surface area contributed by atoms with Gasteiger partial charge in [0.1, 0.15) is 5.82 Å². The van der Waals surface area contributed by atoms with Gasteiger partial charge in [-0.15, -0.1) is 0 Å². The molecule has 0 amide bonds. The van der Waals surface area contributed by atoms with Gasteiger partial charge in [-0.05, 0) is 44.0 Å². The van der Waals surface area contributed by atoms with Crippen molar-refractivity contribution in [3.8, 4) is 11.4 Å². The molecule has 3 heterocycles. The number of hydrogen-bond acceptors (Lipinski definition) is 8. The molecule has 0 spiro atoms. The summed E-state index contributed by atoms with van der Waals surface area (Å²) in [6.07, 6.45) is 4.88. The molecule has 1 aliphatic rings. The highest BCUT2D eigenvalue weighted by Crippen LogP contribution is 2.35. The molecular weight excluding hydrogens is 410 g/mol. The summed E-state index contributed by atoms with van der Waals surface area (Å²) in [7, 11) is 0. The van der Waals surface area contributed by atoms with Crippen LogP contribution >= 0.6 is 0 Å². The average molecular weight is 431 g/mol. The molecule has 1 aromatic carbocycles. The fraction of sp³-hybridized carbons (Fsp3) is 0.304. The van der Waals surface area contributed by atoms with Crippen molar-refractivity contribution in [3.05, 3.63) is 70.9 Å². The van der Waals surface area contributed by atoms with Crippen LogP contribution in [-0.4, -0.2) is 30.6 Å². The predicted octanol–water partition coefficient (Wildman–Crippen LogP) is 3.41. The fourth-order valence-corrected chi connectivity index (χ4v) is 3.61. The molecule has 32 heavy (non-hydrogen) atoms. The van der Waals surface area contributed by atoms with Crippen LogP contribution in [0, 0.1) is 0 Å². The lowest BCUT2D eigenvalue weighted by atomic mass is 10.2. The van der Waals surface area contributed by atoms with Gasteiger partial charge in [0.25, 0.3) is 11.4 Å². The Morgan fingerprint density at radius 3 is 2.84 bits per heavy atom. The number of hydrogen-bond donors (Lipinski definition) is 0. The largest absolute Gasteiger partial charge is 0.453 e. The van der Waals surface area contributed by atoms with Crippen molar-refractivity contribution in [2.75, 3.05) is 0 Å². The van der Waals surface area contributed by atoms with Gasteiger partial charge in [-0.25, -0.2) is 4.98 Å². The number of ether oxygens (including phenoxy) is 1. The van der Waals surface area contributed by atoms with Crippen molar-refractivity contribution >= 4 is 16.9 Å². The van der Waals surface area contributed by atoms with Crippen molar-refractivity contribution < 1.29 is 14.1 Å². The van der Waals surface area contributed by atoms with E-state index in [0.29, 0.717) is 34.5 Å². The number of benzene rings is 1. The quantitative estimate of drug-likeness (QED) is 0.409. The molecule has 9 heteroatoms. The molecule has 1 aliphatic carbocycles. The van der Waals surface area contributed by atoms with E-state index in [1.807, 2.05) is 24.3 Å². The highest BCUT2D eigenvalue weighted by Gasteiger charge is 2.28. The Hall–Kier alpha value is -3.88. The van der Waals surface area contributed by atoms with Gasteiger partial charge in [-0.2, -0.15) is 4.98 Å². The van der Waals surface area contributed by atoms with Gasteiger partial charge < -0.3 is 9.26 Å². The Labute approximate surface area is 183 Å². The van der Waals surface area contributed by atoms with Gasteiger partial charge in [-0.1, -0.05) is 17.3 Å². The summed E-state index contributed by atoms with van der Waals surface area (Å²) in [5.74, 6) is 0.765. The van der Waals surface area contributed by atoms with Crippen LogP contribution in [0.5, 0.6) is 0 Å². The highest BCUT2D eigenvalue weighted by atomic mass is 16.6. The second-order valence-corrected chi connectivity index (χ2v) is 7.78. The Balaban J connectivity index is 1.27. The Kier molecular flexibility index (Phi) is 5.22. The highest BCUT2D eigenvalue weighted by molar-refractivity contribution is 5.77. The standard InChI is InChI=1S/C23H21N5O4/c1-14(22-26-21(27-32-22)15-5-4-12-24-13-15)31-20(29)11-10-19-25-18-7-3-2-6-17(18)23(30)28(19)16-8-9-16/h2-7,12-14,16H,8-11H2,1H3. The Morgan fingerprint density at radius 2 is 2.06 bits per heavy atom. The van der Waals surface area contributed by atoms with E-state index in [9.17, 15) is 9.59 Å². The van der Waals surface area contributed by atoms with Crippen LogP contribution in [0.1, 0.15) is 50.0 Å². The first-order chi connectivity index (χ1) is 15.6. The fourth-order valence-electron chi connectivity index (χ4n) is 3.61. The van der Waals surface area contributed by atoms with E-state index >= 15 is 0 Å². The molecular formula is C23H21N5O4. The summed E-state index contributed by atoms with van der Waals surface area (Å²) in [5, 5.41) is 4.52. The zero-order chi connectivity index (χ0) is 22.1. The number of para-hydroxylation sites is 1. The molecule has 1 unspecified atom stereocenters. The van der Waals surface area contributed by atoms with E-state index in [-0.39, 0.29) is 23.9 Å². The van der Waals surface area contributed by atoms with Crippen molar-refractivity contribution in [1.82, 2.24) is 24.7 Å². The maximum atomic E-state index is 12.9. The first kappa shape index (κ1) is 20.0. The van der Waals surface area contributed by atoms with E-state index in [4.69, 9.17) is 9.26 Å². The third-order valence-corrected chi connectivity index (χ3v) is 5.36. The van der Waals surface area contributed by atoms with E-state index < -0.39 is 12.1 Å². The Bertz CT molecular complexity index is 1330. The molecule has 9 nitrogen and oxygen atoms in total. The second kappa shape index (κ2) is 8.33. The zero-order valence-electron chi connectivity index (χ0n) is 17.5. The van der Waals surface area contributed by atoms with Crippen LogP contribution in [0.4, 0.5) is 0 Å². The number of aryl methyl sites for hydroxylation is 1. The Morgan fingerprint density at radius 1 is 1.22 bits per heavy atom. The number of rotatable bonds is 7. The van der Waals surface area contributed by atoms with Gasteiger partial charge in [0.05, 0.1) is 17.3 Å². The lowest BCUT2D eigenvalue weighted by molar-refractivity contribution is -0.149. The molecule has 162 valence electrons. The van der Waals surface area contributed by atoms with Crippen molar-refractivity contribution in [3.63, 3.8) is 0 Å². The monoisotopic (exact) mass is 431 g/mol. The van der Waals surface area contributed by atoms with Crippen LogP contribution in [0.15, 0.2) is 58.1 Å². The maximum absolute atomic E-state index is 12.9. The smallest absolute Gasteiger partial charge is 0.307 e. The number of pyridine rings is 1. The van der Waals surface area contributed by atoms with Crippen molar-refractivity contribution in [1.29, 1.82) is 0 Å². The molecule has 5 rings (SSSR count). The maximum Gasteiger partial charge on any atom is 0.307 e. The molecule has 3 aromatic heterocycles. The van der Waals surface area contributed by atoms with E-state index in [1.165, 1.54) is 0 Å². The number of carbonyl (C=O) groups excluding carboxylic acids is 1. The third kappa shape index (κ3) is 4.01. The number of aromatic nitrogens is 5. The summed E-state index contributed by atoms with van der Waals surface area (Å²) in [4.78, 5) is 38.4. The van der Waals surface area contributed by atoms with Gasteiger partial charge in [0, 0.05) is 30.4 Å². The topological polar surface area (TPSA) is 113 Å². The second-order valence-electron chi connectivity index (χ2n) is 7.78. The van der Waals surface area contributed by atoms with Gasteiger partial charge in [-0.3, -0.25) is 19.1 Å². The third-order valence-electron chi connectivity index (χ3n) is 5.36. The number of nitrogens with zero attached hydrogens (tertiary/aromatic N) is 5. The molecule has 0 N–H and O–H groups in total. The summed E-state index contributed by atoms with van der Waals surface area (Å²) in [5.41, 5.74) is 1.30. The van der Waals surface area contributed by atoms with E-state index in [1.54, 1.807) is 36.0 Å². The summed E-state index contributed by atoms with van der Waals surface area (Å²) in [6, 6.07) is 11.0. The summed E-state index contributed by atoms with van der Waals surface area (Å²) in [6.45, 7) is 1.67. The van der Waals surface area contributed by atoms with Crippen LogP contribution in [0.2, 0.25) is 0 Å². The number of fused-ring (bicyclic) bond motifs is 1. The van der Waals surface area contributed by atoms with E-state index in [2.05, 4.69) is 20.1 Å². The molecule has 0 saturated heterocycles. The minimum atomic E-state index is -0.699. The van der Waals surface area contributed by atoms with Crippen LogP contribution in [-0.2, 0) is 16.0 Å². The van der Waals surface area contributed by atoms with Crippen molar-refractivity contribution in [2.24, 2.45) is 0 Å². The number of esters is 1. The zero-order valence-corrected chi connectivity index (χ0v) is 17.5. The molecule has 1 saturated carbocycles. The lowest BCUT2D eigenvalue weighted by Crippen LogP contribution is -2.25. The van der Waals surface area contributed by atoms with Gasteiger partial charge >= 0.3 is 5.97 Å². The minimum absolute atomic E-state index is 0.0522. The number of carbonyl (C=O) groups is 1. The predicted molar refractivity (Wildman–Crippen MR) is 115 cm³/mol. The first-order valence-electron chi connectivity index (χ1n) is 10.5. The van der Waals surface area contributed by atoms with Crippen LogP contribution in [0.25, 0.3) is 22.3 Å². The summed E-state index contributed by atoms with van der Waals surface area (Å²) >= 11 is 0. The molecule has 0 bridgehead atoms. The molecule has 1 fully saturated rings. The molecule has 4 aromatic rings. The average Bonchev–Trinajstić information content (AvgIpc) is 3.52. The lowest BCUT2D eigenvalue weighted by Gasteiger charge is -2.13. The molecule has 1 atom stereocenters. The molecule has 0 aliphatic heterocycles. The van der Waals surface area contributed by atoms with Gasteiger partial charge in [0.15, 0.2) is 6.10 Å². The molecule has 0 radical (unpaired) electrons. The van der Waals surface area contributed by atoms with Crippen molar-refractivity contribution in [2.45, 2.75) is 44.8 Å². The summed E-state index contributed by atoms with van der Waals surface area (Å²) < 4.78 is 12.5. The van der Waals surface area contributed by atoms with Crippen LogP contribution in [0.3, 0.4) is 0 Å². The first-order valence-corrected chi connectivity index (χ1v) is 10.5. The SMILES string of the molecule is CC(OC(=O)CCc1nc2ccccc2c(=O)n1C1CC1)c1nc(-c2cccnc2)no1. The minimum Gasteiger partial charge on any atom is -0.453 e.